The summed E-state index contributed by atoms with van der Waals surface area (Å²) in [5.74, 6) is 1.01. The van der Waals surface area contributed by atoms with Crippen molar-refractivity contribution in [2.45, 2.75) is 23.9 Å². The van der Waals surface area contributed by atoms with Gasteiger partial charge in [0.25, 0.3) is 5.91 Å². The van der Waals surface area contributed by atoms with Crippen molar-refractivity contribution >= 4 is 35.3 Å². The van der Waals surface area contributed by atoms with Gasteiger partial charge in [-0.15, -0.1) is 11.8 Å². The molecule has 1 atom stereocenters. The van der Waals surface area contributed by atoms with Gasteiger partial charge in [0.15, 0.2) is 6.61 Å². The van der Waals surface area contributed by atoms with E-state index in [4.69, 9.17) is 4.74 Å². The van der Waals surface area contributed by atoms with Crippen LogP contribution in [0, 0.1) is 0 Å². The third-order valence-corrected chi connectivity index (χ3v) is 5.70. The first kappa shape index (κ1) is 23.2. The summed E-state index contributed by atoms with van der Waals surface area (Å²) in [6.07, 6.45) is 4.59. The fraction of sp³-hybridized carbons (Fsp3) is 0.364. The first-order chi connectivity index (χ1) is 14.0. The quantitative estimate of drug-likeness (QED) is 0.549. The van der Waals surface area contributed by atoms with Crippen LogP contribution in [0.2, 0.25) is 0 Å². The van der Waals surface area contributed by atoms with E-state index in [2.05, 4.69) is 5.32 Å². The average molecular weight is 433 g/mol. The van der Waals surface area contributed by atoms with E-state index in [0.717, 1.165) is 11.3 Å². The minimum atomic E-state index is -0.565. The molecule has 2 rings (SSSR count). The van der Waals surface area contributed by atoms with Crippen LogP contribution >= 0.6 is 23.5 Å². The second-order valence-corrected chi connectivity index (χ2v) is 8.41. The molecule has 156 valence electrons. The van der Waals surface area contributed by atoms with E-state index >= 15 is 0 Å². The summed E-state index contributed by atoms with van der Waals surface area (Å²) in [4.78, 5) is 28.1. The molecule has 0 saturated heterocycles. The minimum absolute atomic E-state index is 0.0962. The number of amides is 2. The third-order valence-electron chi connectivity index (χ3n) is 4.31. The summed E-state index contributed by atoms with van der Waals surface area (Å²) < 4.78 is 5.49. The van der Waals surface area contributed by atoms with Gasteiger partial charge in [-0.2, -0.15) is 11.8 Å². The highest BCUT2D eigenvalue weighted by Gasteiger charge is 2.24. The zero-order chi connectivity index (χ0) is 21.1. The van der Waals surface area contributed by atoms with Crippen LogP contribution in [0.3, 0.4) is 0 Å². The number of hydrogen-bond donors (Lipinski definition) is 1. The normalized spacial score (nSPS) is 11.6. The Morgan fingerprint density at radius 2 is 1.76 bits per heavy atom. The van der Waals surface area contributed by atoms with Crippen LogP contribution in [0.1, 0.15) is 12.0 Å². The minimum Gasteiger partial charge on any atom is -0.484 e. The standard InChI is InChI=1S/C22H28N2O3S2/c1-24(15-17-9-11-19(29-3)12-10-17)22(26)20(13-14-28-2)23-21(25)16-27-18-7-5-4-6-8-18/h4-12,20H,13-16H2,1-3H3,(H,23,25). The van der Waals surface area contributed by atoms with Crippen molar-refractivity contribution in [2.24, 2.45) is 0 Å². The Kier molecular flexibility index (Phi) is 9.94. The van der Waals surface area contributed by atoms with E-state index < -0.39 is 6.04 Å². The Balaban J connectivity index is 1.93. The maximum absolute atomic E-state index is 12.9. The zero-order valence-corrected chi connectivity index (χ0v) is 18.7. The number of nitrogens with one attached hydrogen (secondary N) is 1. The van der Waals surface area contributed by atoms with Crippen LogP contribution in [0.25, 0.3) is 0 Å². The van der Waals surface area contributed by atoms with Gasteiger partial charge in [-0.05, 0) is 54.5 Å². The lowest BCUT2D eigenvalue weighted by molar-refractivity contribution is -0.136. The molecule has 1 unspecified atom stereocenters. The molecule has 5 nitrogen and oxygen atoms in total. The van der Waals surface area contributed by atoms with Crippen molar-refractivity contribution < 1.29 is 14.3 Å². The molecular formula is C22H28N2O3S2. The number of hydrogen-bond acceptors (Lipinski definition) is 5. The first-order valence-electron chi connectivity index (χ1n) is 9.37. The second kappa shape index (κ2) is 12.4. The lowest BCUT2D eigenvalue weighted by Gasteiger charge is -2.25. The molecule has 7 heteroatoms. The van der Waals surface area contributed by atoms with Crippen molar-refractivity contribution in [1.29, 1.82) is 0 Å². The van der Waals surface area contributed by atoms with Crippen LogP contribution in [0.4, 0.5) is 0 Å². The maximum atomic E-state index is 12.9. The Morgan fingerprint density at radius 3 is 2.38 bits per heavy atom. The molecule has 2 aromatic carbocycles. The van der Waals surface area contributed by atoms with Crippen LogP contribution < -0.4 is 10.1 Å². The van der Waals surface area contributed by atoms with Gasteiger partial charge in [-0.1, -0.05) is 30.3 Å². The number of nitrogens with zero attached hydrogens (tertiary/aromatic N) is 1. The van der Waals surface area contributed by atoms with Gasteiger partial charge in [0, 0.05) is 18.5 Å². The van der Waals surface area contributed by atoms with E-state index in [-0.39, 0.29) is 18.4 Å². The highest BCUT2D eigenvalue weighted by molar-refractivity contribution is 7.98. The van der Waals surface area contributed by atoms with Crippen molar-refractivity contribution in [3.05, 3.63) is 60.2 Å². The van der Waals surface area contributed by atoms with E-state index in [1.165, 1.54) is 4.90 Å². The topological polar surface area (TPSA) is 58.6 Å². The Labute approximate surface area is 181 Å². The molecule has 0 aromatic heterocycles. The van der Waals surface area contributed by atoms with Crippen LogP contribution in [-0.2, 0) is 16.1 Å². The van der Waals surface area contributed by atoms with E-state index in [1.807, 2.05) is 55.0 Å². The van der Waals surface area contributed by atoms with E-state index in [1.54, 1.807) is 47.6 Å². The highest BCUT2D eigenvalue weighted by Crippen LogP contribution is 2.16. The van der Waals surface area contributed by atoms with Crippen molar-refractivity contribution in [2.75, 3.05) is 31.9 Å². The monoisotopic (exact) mass is 432 g/mol. The Morgan fingerprint density at radius 1 is 1.07 bits per heavy atom. The van der Waals surface area contributed by atoms with Gasteiger partial charge in [-0.3, -0.25) is 9.59 Å². The first-order valence-corrected chi connectivity index (χ1v) is 12.0. The number of thioether (sulfide) groups is 2. The molecule has 0 heterocycles. The van der Waals surface area contributed by atoms with Crippen LogP contribution in [0.15, 0.2) is 59.5 Å². The lowest BCUT2D eigenvalue weighted by atomic mass is 10.1. The number of benzene rings is 2. The molecule has 0 saturated carbocycles. The number of para-hydroxylation sites is 1. The van der Waals surface area contributed by atoms with Gasteiger partial charge in [0.2, 0.25) is 5.91 Å². The predicted molar refractivity (Wildman–Crippen MR) is 122 cm³/mol. The molecule has 0 aliphatic heterocycles. The van der Waals surface area contributed by atoms with Crippen molar-refractivity contribution in [3.8, 4) is 5.75 Å². The molecule has 2 amide bonds. The average Bonchev–Trinajstić information content (AvgIpc) is 2.75. The molecule has 2 aromatic rings. The van der Waals surface area contributed by atoms with Gasteiger partial charge in [-0.25, -0.2) is 0 Å². The molecule has 0 radical (unpaired) electrons. The molecule has 0 aliphatic rings. The molecule has 0 spiro atoms. The summed E-state index contributed by atoms with van der Waals surface area (Å²) in [6, 6.07) is 16.7. The molecule has 1 N–H and O–H groups in total. The number of carbonyl (C=O) groups excluding carboxylic acids is 2. The Bertz CT molecular complexity index is 769. The number of ether oxygens (including phenoxy) is 1. The summed E-state index contributed by atoms with van der Waals surface area (Å²) in [5, 5.41) is 2.83. The SMILES string of the molecule is CSCCC(NC(=O)COc1ccccc1)C(=O)N(C)Cc1ccc(SC)cc1. The molecule has 0 fully saturated rings. The highest BCUT2D eigenvalue weighted by atomic mass is 32.2. The van der Waals surface area contributed by atoms with Gasteiger partial charge in [0.05, 0.1) is 0 Å². The molecule has 0 aliphatic carbocycles. The maximum Gasteiger partial charge on any atom is 0.258 e. The Hall–Kier alpha value is -2.12. The van der Waals surface area contributed by atoms with Crippen LogP contribution in [0.5, 0.6) is 5.75 Å². The molecule has 29 heavy (non-hydrogen) atoms. The fourth-order valence-corrected chi connectivity index (χ4v) is 3.62. The number of rotatable bonds is 11. The smallest absolute Gasteiger partial charge is 0.258 e. The van der Waals surface area contributed by atoms with E-state index in [9.17, 15) is 9.59 Å². The summed E-state index contributed by atoms with van der Waals surface area (Å²) in [7, 11) is 1.77. The number of carbonyl (C=O) groups is 2. The zero-order valence-electron chi connectivity index (χ0n) is 17.1. The summed E-state index contributed by atoms with van der Waals surface area (Å²) in [6.45, 7) is 0.382. The molecular weight excluding hydrogens is 404 g/mol. The van der Waals surface area contributed by atoms with Gasteiger partial charge < -0.3 is 15.0 Å². The van der Waals surface area contributed by atoms with Crippen LogP contribution in [-0.4, -0.2) is 54.7 Å². The van der Waals surface area contributed by atoms with E-state index in [0.29, 0.717) is 18.7 Å². The number of likely N-dealkylation sites (N-methyl/N-ethyl adjacent to an activating group) is 1. The van der Waals surface area contributed by atoms with Gasteiger partial charge in [0.1, 0.15) is 11.8 Å². The molecule has 0 bridgehead atoms. The fourth-order valence-electron chi connectivity index (χ4n) is 2.74. The van der Waals surface area contributed by atoms with Crippen molar-refractivity contribution in [1.82, 2.24) is 10.2 Å². The predicted octanol–water partition coefficient (Wildman–Crippen LogP) is 3.68. The summed E-state index contributed by atoms with van der Waals surface area (Å²) in [5.41, 5.74) is 1.06. The second-order valence-electron chi connectivity index (χ2n) is 6.55. The third kappa shape index (κ3) is 8.03. The summed E-state index contributed by atoms with van der Waals surface area (Å²) >= 11 is 3.33. The largest absolute Gasteiger partial charge is 0.484 e. The van der Waals surface area contributed by atoms with Gasteiger partial charge >= 0.3 is 0 Å². The lowest BCUT2D eigenvalue weighted by Crippen LogP contribution is -2.48. The van der Waals surface area contributed by atoms with Crippen molar-refractivity contribution in [3.63, 3.8) is 0 Å².